The topological polar surface area (TPSA) is 72.2 Å². The average molecular weight is 325 g/mol. The average Bonchev–Trinajstić information content (AvgIpc) is 2.43. The van der Waals surface area contributed by atoms with Crippen molar-refractivity contribution in [3.63, 3.8) is 0 Å². The molecule has 0 heterocycles. The molecule has 0 amide bonds. The third-order valence-corrected chi connectivity index (χ3v) is 4.99. The van der Waals surface area contributed by atoms with Crippen LogP contribution >= 0.6 is 11.6 Å². The monoisotopic (exact) mass is 324 g/mol. The van der Waals surface area contributed by atoms with E-state index in [0.717, 1.165) is 12.0 Å². The molecule has 0 aliphatic heterocycles. The number of nitrogens with two attached hydrogens (primary N) is 1. The fourth-order valence-electron chi connectivity index (χ4n) is 1.97. The summed E-state index contributed by atoms with van der Waals surface area (Å²) in [6, 6.07) is 10.2. The Morgan fingerprint density at radius 1 is 1.19 bits per heavy atom. The van der Waals surface area contributed by atoms with Gasteiger partial charge in [-0.3, -0.25) is 4.72 Å². The van der Waals surface area contributed by atoms with Crippen LogP contribution in [-0.4, -0.2) is 8.42 Å². The second-order valence-corrected chi connectivity index (χ2v) is 6.86. The first-order valence-corrected chi connectivity index (χ1v) is 8.37. The summed E-state index contributed by atoms with van der Waals surface area (Å²) in [5, 5.41) is 0.291. The van der Waals surface area contributed by atoms with E-state index in [4.69, 9.17) is 17.3 Å². The third-order valence-electron chi connectivity index (χ3n) is 3.27. The lowest BCUT2D eigenvalue weighted by Gasteiger charge is -2.12. The van der Waals surface area contributed by atoms with Crippen LogP contribution in [0.2, 0.25) is 5.02 Å². The summed E-state index contributed by atoms with van der Waals surface area (Å²) in [6.07, 6.45) is 0.900. The van der Waals surface area contributed by atoms with E-state index in [9.17, 15) is 8.42 Å². The minimum atomic E-state index is -3.72. The van der Waals surface area contributed by atoms with Crippen molar-refractivity contribution in [2.45, 2.75) is 25.2 Å². The van der Waals surface area contributed by atoms with Crippen LogP contribution in [0.1, 0.15) is 18.1 Å². The van der Waals surface area contributed by atoms with Crippen LogP contribution in [0.4, 0.5) is 11.4 Å². The third kappa shape index (κ3) is 3.49. The summed E-state index contributed by atoms with van der Waals surface area (Å²) in [7, 11) is -3.72. The predicted molar refractivity (Wildman–Crippen MR) is 87.2 cm³/mol. The molecule has 0 atom stereocenters. The number of anilines is 2. The fraction of sp³-hybridized carbons (Fsp3) is 0.200. The number of nitrogen functional groups attached to an aromatic ring is 1. The van der Waals surface area contributed by atoms with E-state index in [-0.39, 0.29) is 4.90 Å². The van der Waals surface area contributed by atoms with Gasteiger partial charge in [0.25, 0.3) is 10.0 Å². The number of rotatable bonds is 4. The Morgan fingerprint density at radius 2 is 1.81 bits per heavy atom. The number of sulfonamides is 1. The van der Waals surface area contributed by atoms with Crippen LogP contribution in [0.15, 0.2) is 41.3 Å². The van der Waals surface area contributed by atoms with Gasteiger partial charge in [-0.15, -0.1) is 0 Å². The molecule has 6 heteroatoms. The van der Waals surface area contributed by atoms with Gasteiger partial charge in [0.2, 0.25) is 0 Å². The molecule has 0 bridgehead atoms. The molecule has 2 rings (SSSR count). The second kappa shape index (κ2) is 5.95. The van der Waals surface area contributed by atoms with Gasteiger partial charge in [-0.1, -0.05) is 30.7 Å². The Bertz CT molecular complexity index is 756. The summed E-state index contributed by atoms with van der Waals surface area (Å²) < 4.78 is 27.5. The minimum Gasteiger partial charge on any atom is -0.398 e. The van der Waals surface area contributed by atoms with Gasteiger partial charge in [0, 0.05) is 16.4 Å². The smallest absolute Gasteiger partial charge is 0.262 e. The minimum absolute atomic E-state index is 0.0899. The highest BCUT2D eigenvalue weighted by Gasteiger charge is 2.19. The number of hydrogen-bond donors (Lipinski definition) is 2. The highest BCUT2D eigenvalue weighted by atomic mass is 35.5. The molecule has 0 spiro atoms. The molecule has 0 saturated heterocycles. The zero-order chi connectivity index (χ0) is 15.6. The number of benzene rings is 2. The van der Waals surface area contributed by atoms with Gasteiger partial charge < -0.3 is 5.73 Å². The number of halogens is 1. The lowest BCUT2D eigenvalue weighted by Crippen LogP contribution is -2.15. The standard InChI is InChI=1S/C15H17ClN2O2S/c1-3-11-4-6-13(7-5-11)18-21(19,20)15-9-12(16)8-14(17)10(15)2/h4-9,18H,3,17H2,1-2H3. The molecule has 21 heavy (non-hydrogen) atoms. The molecule has 0 saturated carbocycles. The molecule has 0 aromatic heterocycles. The SMILES string of the molecule is CCc1ccc(NS(=O)(=O)c2cc(Cl)cc(N)c2C)cc1. The van der Waals surface area contributed by atoms with Crippen molar-refractivity contribution in [2.24, 2.45) is 0 Å². The van der Waals surface area contributed by atoms with E-state index in [1.807, 2.05) is 19.1 Å². The van der Waals surface area contributed by atoms with Gasteiger partial charge in [-0.05, 0) is 48.7 Å². The first-order chi connectivity index (χ1) is 9.83. The Morgan fingerprint density at radius 3 is 2.38 bits per heavy atom. The maximum atomic E-state index is 12.5. The van der Waals surface area contributed by atoms with Crippen molar-refractivity contribution in [2.75, 3.05) is 10.5 Å². The van der Waals surface area contributed by atoms with Gasteiger partial charge in [0.15, 0.2) is 0 Å². The number of aryl methyl sites for hydroxylation is 1. The molecule has 2 aromatic carbocycles. The zero-order valence-corrected chi connectivity index (χ0v) is 13.4. The normalized spacial score (nSPS) is 11.4. The summed E-state index contributed by atoms with van der Waals surface area (Å²) in [4.78, 5) is 0.0899. The van der Waals surface area contributed by atoms with Crippen LogP contribution in [0.3, 0.4) is 0 Å². The van der Waals surface area contributed by atoms with E-state index in [2.05, 4.69) is 4.72 Å². The number of hydrogen-bond acceptors (Lipinski definition) is 3. The Hall–Kier alpha value is -1.72. The molecular formula is C15H17ClN2O2S. The lowest BCUT2D eigenvalue weighted by molar-refractivity contribution is 0.600. The molecule has 4 nitrogen and oxygen atoms in total. The second-order valence-electron chi connectivity index (χ2n) is 4.77. The van der Waals surface area contributed by atoms with E-state index < -0.39 is 10.0 Å². The largest absolute Gasteiger partial charge is 0.398 e. The Labute approximate surface area is 130 Å². The Balaban J connectivity index is 2.38. The maximum Gasteiger partial charge on any atom is 0.262 e. The molecule has 2 aromatic rings. The highest BCUT2D eigenvalue weighted by Crippen LogP contribution is 2.27. The molecule has 0 aliphatic carbocycles. The molecule has 112 valence electrons. The predicted octanol–water partition coefficient (Wildman–Crippen LogP) is 3.59. The molecule has 0 aliphatic rings. The molecule has 3 N–H and O–H groups in total. The van der Waals surface area contributed by atoms with E-state index in [1.54, 1.807) is 19.1 Å². The summed E-state index contributed by atoms with van der Waals surface area (Å²) >= 11 is 5.90. The van der Waals surface area contributed by atoms with Crippen LogP contribution in [0.5, 0.6) is 0 Å². The number of nitrogens with one attached hydrogen (secondary N) is 1. The van der Waals surface area contributed by atoms with E-state index in [0.29, 0.717) is 22.0 Å². The maximum absolute atomic E-state index is 12.5. The van der Waals surface area contributed by atoms with Gasteiger partial charge in [-0.25, -0.2) is 8.42 Å². The van der Waals surface area contributed by atoms with Crippen molar-refractivity contribution < 1.29 is 8.42 Å². The molecule has 0 fully saturated rings. The Kier molecular flexibility index (Phi) is 4.44. The lowest BCUT2D eigenvalue weighted by atomic mass is 10.2. The first-order valence-electron chi connectivity index (χ1n) is 6.51. The van der Waals surface area contributed by atoms with Crippen molar-refractivity contribution in [1.29, 1.82) is 0 Å². The highest BCUT2D eigenvalue weighted by molar-refractivity contribution is 7.92. The quantitative estimate of drug-likeness (QED) is 0.844. The molecule has 0 radical (unpaired) electrons. The van der Waals surface area contributed by atoms with Crippen LogP contribution in [0, 0.1) is 6.92 Å². The van der Waals surface area contributed by atoms with Gasteiger partial charge >= 0.3 is 0 Å². The fourth-order valence-corrected chi connectivity index (χ4v) is 3.62. The van der Waals surface area contributed by atoms with Crippen LogP contribution in [-0.2, 0) is 16.4 Å². The zero-order valence-electron chi connectivity index (χ0n) is 11.9. The summed E-state index contributed by atoms with van der Waals surface area (Å²) in [5.41, 5.74) is 8.25. The van der Waals surface area contributed by atoms with Gasteiger partial charge in [0.1, 0.15) is 0 Å². The van der Waals surface area contributed by atoms with Crippen molar-refractivity contribution in [3.05, 3.63) is 52.5 Å². The van der Waals surface area contributed by atoms with E-state index >= 15 is 0 Å². The van der Waals surface area contributed by atoms with Crippen molar-refractivity contribution in [1.82, 2.24) is 0 Å². The van der Waals surface area contributed by atoms with Crippen LogP contribution < -0.4 is 10.5 Å². The van der Waals surface area contributed by atoms with Crippen LogP contribution in [0.25, 0.3) is 0 Å². The van der Waals surface area contributed by atoms with E-state index in [1.165, 1.54) is 12.1 Å². The van der Waals surface area contributed by atoms with Gasteiger partial charge in [-0.2, -0.15) is 0 Å². The summed E-state index contributed by atoms with van der Waals surface area (Å²) in [5.74, 6) is 0. The van der Waals surface area contributed by atoms with Crippen molar-refractivity contribution in [3.8, 4) is 0 Å². The van der Waals surface area contributed by atoms with Crippen molar-refractivity contribution >= 4 is 33.0 Å². The molecular weight excluding hydrogens is 308 g/mol. The molecule has 0 unspecified atom stereocenters. The first kappa shape index (κ1) is 15.7. The van der Waals surface area contributed by atoms with Gasteiger partial charge in [0.05, 0.1) is 4.90 Å². The summed E-state index contributed by atoms with van der Waals surface area (Å²) in [6.45, 7) is 3.69.